The van der Waals surface area contributed by atoms with E-state index in [2.05, 4.69) is 32.1 Å². The molecule has 4 rings (SSSR count). The summed E-state index contributed by atoms with van der Waals surface area (Å²) in [5.74, 6) is 4.85. The van der Waals surface area contributed by atoms with Crippen LogP contribution in [0.25, 0.3) is 10.9 Å². The molecule has 1 fully saturated rings. The minimum absolute atomic E-state index is 0.0544. The zero-order valence-electron chi connectivity index (χ0n) is 21.7. The van der Waals surface area contributed by atoms with Gasteiger partial charge in [0.2, 0.25) is 0 Å². The van der Waals surface area contributed by atoms with E-state index in [4.69, 9.17) is 0 Å². The third kappa shape index (κ3) is 7.93. The van der Waals surface area contributed by atoms with Crippen LogP contribution >= 0.6 is 0 Å². The highest BCUT2D eigenvalue weighted by Crippen LogP contribution is 2.33. The second-order valence-corrected chi connectivity index (χ2v) is 10.9. The van der Waals surface area contributed by atoms with Gasteiger partial charge in [-0.1, -0.05) is 12.0 Å². The number of nitrogens with one attached hydrogen (secondary N) is 2. The number of hydrogen-bond donors (Lipinski definition) is 2. The summed E-state index contributed by atoms with van der Waals surface area (Å²) in [6.07, 6.45) is -6.34. The van der Waals surface area contributed by atoms with Gasteiger partial charge in [-0.15, -0.1) is 13.2 Å². The first-order chi connectivity index (χ1) is 18.8. The van der Waals surface area contributed by atoms with E-state index in [0.717, 1.165) is 42.3 Å². The van der Waals surface area contributed by atoms with E-state index in [0.29, 0.717) is 10.9 Å². The molecule has 1 aromatic heterocycles. The molecule has 1 atom stereocenters. The van der Waals surface area contributed by atoms with Crippen LogP contribution in [0, 0.1) is 11.8 Å². The zero-order chi connectivity index (χ0) is 29.1. The molecule has 1 unspecified atom stereocenters. The van der Waals surface area contributed by atoms with Gasteiger partial charge in [0, 0.05) is 23.2 Å². The van der Waals surface area contributed by atoms with Crippen molar-refractivity contribution in [2.45, 2.75) is 42.9 Å². The molecule has 6 nitrogen and oxygen atoms in total. The highest BCUT2D eigenvalue weighted by Gasteiger charge is 2.33. The van der Waals surface area contributed by atoms with Gasteiger partial charge in [0.15, 0.2) is 10.6 Å². The molecular formula is C27H28F6N4O2S. The number of rotatable bonds is 7. The number of halogens is 6. The van der Waals surface area contributed by atoms with Crippen LogP contribution in [0.5, 0.6) is 5.75 Å². The van der Waals surface area contributed by atoms with Crippen molar-refractivity contribution in [3.8, 4) is 17.6 Å². The van der Waals surface area contributed by atoms with E-state index in [1.807, 2.05) is 13.1 Å². The number of ether oxygens (including phenoxy) is 1. The maximum absolute atomic E-state index is 13.5. The van der Waals surface area contributed by atoms with E-state index in [1.54, 1.807) is 18.2 Å². The minimum atomic E-state index is -4.98. The van der Waals surface area contributed by atoms with E-state index in [1.165, 1.54) is 18.4 Å². The lowest BCUT2D eigenvalue weighted by atomic mass is 10.0. The molecule has 1 saturated heterocycles. The maximum atomic E-state index is 13.5. The summed E-state index contributed by atoms with van der Waals surface area (Å²) in [7, 11) is 2.04. The summed E-state index contributed by atoms with van der Waals surface area (Å²) in [5, 5.41) is 6.77. The molecular weight excluding hydrogens is 558 g/mol. The fraction of sp³-hybridized carbons (Fsp3) is 0.407. The largest absolute Gasteiger partial charge is 0.612 e. The van der Waals surface area contributed by atoms with Crippen LogP contribution in [-0.2, 0) is 17.7 Å². The molecule has 1 aliphatic rings. The number of fused-ring (bicyclic) bond motifs is 1. The Kier molecular flexibility index (Phi) is 9.02. The summed E-state index contributed by atoms with van der Waals surface area (Å²) < 4.78 is 95.9. The number of benzene rings is 2. The van der Waals surface area contributed by atoms with Gasteiger partial charge in [-0.05, 0) is 80.4 Å². The van der Waals surface area contributed by atoms with Crippen LogP contribution < -0.4 is 15.4 Å². The zero-order valence-corrected chi connectivity index (χ0v) is 22.6. The summed E-state index contributed by atoms with van der Waals surface area (Å²) in [4.78, 5) is 2.36. The fourth-order valence-corrected chi connectivity index (χ4v) is 5.08. The number of nitrogens with zero attached hydrogens (tertiary/aromatic N) is 2. The number of piperidine rings is 1. The summed E-state index contributed by atoms with van der Waals surface area (Å²) in [6, 6.07) is 10.6. The van der Waals surface area contributed by atoms with Gasteiger partial charge in [-0.25, -0.2) is 0 Å². The predicted molar refractivity (Wildman–Crippen MR) is 143 cm³/mol. The van der Waals surface area contributed by atoms with Crippen molar-refractivity contribution in [2.75, 3.05) is 43.6 Å². The van der Waals surface area contributed by atoms with Crippen molar-refractivity contribution >= 4 is 33.5 Å². The average molecular weight is 587 g/mol. The smallest absolute Gasteiger partial charge is 0.573 e. The van der Waals surface area contributed by atoms with Crippen LogP contribution in [0.15, 0.2) is 47.4 Å². The molecule has 3 aromatic rings. The number of aromatic nitrogens is 1. The molecule has 0 aliphatic carbocycles. The minimum Gasteiger partial charge on any atom is -0.612 e. The number of anilines is 2. The molecule has 0 amide bonds. The molecule has 216 valence electrons. The van der Waals surface area contributed by atoms with Gasteiger partial charge in [0.1, 0.15) is 12.8 Å². The molecule has 2 N–H and O–H groups in total. The predicted octanol–water partition coefficient (Wildman–Crippen LogP) is 5.81. The lowest BCUT2D eigenvalue weighted by molar-refractivity contribution is -0.274. The Morgan fingerprint density at radius 2 is 1.77 bits per heavy atom. The van der Waals surface area contributed by atoms with Gasteiger partial charge in [0.05, 0.1) is 23.4 Å². The van der Waals surface area contributed by atoms with Crippen molar-refractivity contribution in [1.82, 2.24) is 9.47 Å². The third-order valence-corrected chi connectivity index (χ3v) is 7.37. The monoisotopic (exact) mass is 586 g/mol. The molecule has 40 heavy (non-hydrogen) atoms. The van der Waals surface area contributed by atoms with Crippen molar-refractivity contribution in [3.63, 3.8) is 0 Å². The summed E-state index contributed by atoms with van der Waals surface area (Å²) in [6.45, 7) is 0.407. The molecule has 13 heteroatoms. The number of likely N-dealkylation sites (tertiary alicyclic amines) is 1. The van der Waals surface area contributed by atoms with E-state index in [-0.39, 0.29) is 28.9 Å². The molecule has 0 saturated carbocycles. The third-order valence-electron chi connectivity index (χ3n) is 6.46. The van der Waals surface area contributed by atoms with Gasteiger partial charge in [0.25, 0.3) is 0 Å². The highest BCUT2D eigenvalue weighted by atomic mass is 32.2. The Labute approximate surface area is 230 Å². The summed E-state index contributed by atoms with van der Waals surface area (Å²) in [5.41, 5.74) is 1.16. The van der Waals surface area contributed by atoms with Gasteiger partial charge in [-0.2, -0.15) is 13.2 Å². The Hall–Kier alpha value is -3.21. The highest BCUT2D eigenvalue weighted by molar-refractivity contribution is 7.90. The Morgan fingerprint density at radius 3 is 2.42 bits per heavy atom. The number of alkyl halides is 6. The standard InChI is InChI=1S/C27H28F6N4O2S/c1-36-13-10-18(11-14-36)35-22-6-3-7-24-21(22)15-19(37(24)17-26(28,29)30)5-4-12-34-23-9-8-20(40(2)38)16-25(23)39-27(31,32)33/h3,6-9,15-16,18,34-35H,10-14,17H2,1-2H3. The Bertz CT molecular complexity index is 1390. The second-order valence-electron chi connectivity index (χ2n) is 9.51. The van der Waals surface area contributed by atoms with E-state index >= 15 is 0 Å². The van der Waals surface area contributed by atoms with Crippen molar-refractivity contribution < 1.29 is 35.6 Å². The first-order valence-electron chi connectivity index (χ1n) is 12.4. The van der Waals surface area contributed by atoms with E-state index < -0.39 is 36.0 Å². The average Bonchev–Trinajstić information content (AvgIpc) is 3.19. The maximum Gasteiger partial charge on any atom is 0.573 e. The molecule has 1 aliphatic heterocycles. The molecule has 2 heterocycles. The van der Waals surface area contributed by atoms with Crippen molar-refractivity contribution in [1.29, 1.82) is 0 Å². The van der Waals surface area contributed by atoms with Gasteiger partial charge in [-0.3, -0.25) is 0 Å². The Balaban J connectivity index is 1.59. The van der Waals surface area contributed by atoms with Crippen LogP contribution in [-0.4, -0.2) is 65.5 Å². The first kappa shape index (κ1) is 29.8. The first-order valence-corrected chi connectivity index (χ1v) is 13.9. The van der Waals surface area contributed by atoms with Crippen LogP contribution in [0.2, 0.25) is 0 Å². The van der Waals surface area contributed by atoms with Gasteiger partial charge < -0.3 is 29.4 Å². The summed E-state index contributed by atoms with van der Waals surface area (Å²) >= 11 is -1.54. The van der Waals surface area contributed by atoms with Crippen LogP contribution in [0.1, 0.15) is 18.5 Å². The van der Waals surface area contributed by atoms with Crippen LogP contribution in [0.4, 0.5) is 37.7 Å². The van der Waals surface area contributed by atoms with Crippen molar-refractivity contribution in [2.24, 2.45) is 0 Å². The second kappa shape index (κ2) is 12.1. The lowest BCUT2D eigenvalue weighted by Gasteiger charge is -2.30. The fourth-order valence-electron chi connectivity index (χ4n) is 4.55. The molecule has 0 bridgehead atoms. The van der Waals surface area contributed by atoms with Crippen LogP contribution in [0.3, 0.4) is 0 Å². The van der Waals surface area contributed by atoms with E-state index in [9.17, 15) is 30.9 Å². The van der Waals surface area contributed by atoms with Gasteiger partial charge >= 0.3 is 12.5 Å². The van der Waals surface area contributed by atoms with Crippen molar-refractivity contribution in [3.05, 3.63) is 48.2 Å². The quantitative estimate of drug-likeness (QED) is 0.208. The Morgan fingerprint density at radius 1 is 1.05 bits per heavy atom. The molecule has 0 radical (unpaired) electrons. The molecule has 2 aromatic carbocycles. The lowest BCUT2D eigenvalue weighted by Crippen LogP contribution is -2.36. The molecule has 0 spiro atoms. The normalized spacial score (nSPS) is 15.9. The number of hydrogen-bond acceptors (Lipinski definition) is 5. The topological polar surface area (TPSA) is 64.5 Å². The SMILES string of the molecule is CN1CCC(Nc2cccc3c2cc(C#CCNc2ccc([S+](C)[O-])cc2OC(F)(F)F)n3CC(F)(F)F)CC1.